The number of carbonyl (C=O) groups is 1. The maximum atomic E-state index is 12.0. The van der Waals surface area contributed by atoms with E-state index in [0.717, 1.165) is 6.42 Å². The van der Waals surface area contributed by atoms with Crippen molar-refractivity contribution >= 4 is 22.9 Å². The van der Waals surface area contributed by atoms with Gasteiger partial charge in [0.2, 0.25) is 5.79 Å². The van der Waals surface area contributed by atoms with Gasteiger partial charge < -0.3 is 14.8 Å². The molecular weight excluding hydrogens is 274 g/mol. The summed E-state index contributed by atoms with van der Waals surface area (Å²) in [7, 11) is 0. The van der Waals surface area contributed by atoms with Gasteiger partial charge >= 0.3 is 0 Å². The van der Waals surface area contributed by atoms with Crippen molar-refractivity contribution in [3.8, 4) is 11.5 Å². The number of carbonyl (C=O) groups excluding carboxylic acids is 1. The minimum Gasteiger partial charge on any atom is -0.449 e. The van der Waals surface area contributed by atoms with Gasteiger partial charge in [0.25, 0.3) is 5.91 Å². The van der Waals surface area contributed by atoms with Crippen LogP contribution in [-0.2, 0) is 0 Å². The largest absolute Gasteiger partial charge is 0.449 e. The summed E-state index contributed by atoms with van der Waals surface area (Å²) in [6, 6.07) is 9.07. The zero-order valence-electron chi connectivity index (χ0n) is 11.3. The summed E-state index contributed by atoms with van der Waals surface area (Å²) in [4.78, 5) is 12.7. The predicted octanol–water partition coefficient (Wildman–Crippen LogP) is 3.90. The third kappa shape index (κ3) is 2.36. The van der Waals surface area contributed by atoms with Crippen LogP contribution in [0.5, 0.6) is 11.5 Å². The number of nitrogens with one attached hydrogen (secondary N) is 1. The van der Waals surface area contributed by atoms with Gasteiger partial charge in [0, 0.05) is 25.1 Å². The van der Waals surface area contributed by atoms with E-state index in [-0.39, 0.29) is 5.91 Å². The van der Waals surface area contributed by atoms with Crippen LogP contribution in [0.2, 0.25) is 0 Å². The first-order chi connectivity index (χ1) is 9.59. The highest BCUT2D eigenvalue weighted by molar-refractivity contribution is 7.12. The van der Waals surface area contributed by atoms with E-state index in [1.165, 1.54) is 11.3 Å². The molecule has 0 aliphatic carbocycles. The molecule has 0 unspecified atom stereocenters. The molecule has 0 spiro atoms. The Morgan fingerprint density at radius 1 is 1.30 bits per heavy atom. The molecule has 1 aromatic heterocycles. The molecule has 1 atom stereocenters. The lowest BCUT2D eigenvalue weighted by molar-refractivity contribution is -0.0640. The minimum atomic E-state index is -0.612. The SMILES string of the molecule is CC[C@]1(C)Oc2ccc(NC(=O)c3cccs3)cc2O1. The van der Waals surface area contributed by atoms with E-state index in [1.807, 2.05) is 37.4 Å². The van der Waals surface area contributed by atoms with Crippen molar-refractivity contribution in [1.29, 1.82) is 0 Å². The monoisotopic (exact) mass is 289 g/mol. The summed E-state index contributed by atoms with van der Waals surface area (Å²) in [5.74, 6) is 0.651. The fourth-order valence-corrected chi connectivity index (χ4v) is 2.60. The van der Waals surface area contributed by atoms with Gasteiger partial charge in [0.1, 0.15) is 0 Å². The fraction of sp³-hybridized carbons (Fsp3) is 0.267. The Bertz CT molecular complexity index is 639. The highest BCUT2D eigenvalue weighted by Gasteiger charge is 2.34. The third-order valence-electron chi connectivity index (χ3n) is 3.24. The molecule has 0 fully saturated rings. The van der Waals surface area contributed by atoms with Crippen molar-refractivity contribution in [2.24, 2.45) is 0 Å². The van der Waals surface area contributed by atoms with E-state index in [9.17, 15) is 4.79 Å². The van der Waals surface area contributed by atoms with Crippen LogP contribution in [0.4, 0.5) is 5.69 Å². The van der Waals surface area contributed by atoms with Gasteiger partial charge in [-0.2, -0.15) is 0 Å². The van der Waals surface area contributed by atoms with Crippen molar-refractivity contribution in [3.05, 3.63) is 40.6 Å². The molecule has 1 aliphatic heterocycles. The molecule has 0 radical (unpaired) electrons. The van der Waals surface area contributed by atoms with Crippen molar-refractivity contribution in [3.63, 3.8) is 0 Å². The number of hydrogen-bond donors (Lipinski definition) is 1. The molecule has 1 N–H and O–H groups in total. The maximum absolute atomic E-state index is 12.0. The standard InChI is InChI=1S/C15H15NO3S/c1-3-15(2)18-11-7-6-10(9-12(11)19-15)16-14(17)13-5-4-8-20-13/h4-9H,3H2,1-2H3,(H,16,17)/t15-/m1/s1. The second-order valence-corrected chi connectivity index (χ2v) is 5.73. The topological polar surface area (TPSA) is 47.6 Å². The first kappa shape index (κ1) is 13.0. The van der Waals surface area contributed by atoms with Crippen LogP contribution in [0.3, 0.4) is 0 Å². The van der Waals surface area contributed by atoms with Gasteiger partial charge in [-0.3, -0.25) is 4.79 Å². The molecule has 0 bridgehead atoms. The van der Waals surface area contributed by atoms with Crippen LogP contribution < -0.4 is 14.8 Å². The zero-order chi connectivity index (χ0) is 14.2. The molecule has 2 heterocycles. The van der Waals surface area contributed by atoms with Crippen LogP contribution >= 0.6 is 11.3 Å². The number of fused-ring (bicyclic) bond motifs is 1. The molecule has 1 aliphatic rings. The van der Waals surface area contributed by atoms with Crippen LogP contribution in [-0.4, -0.2) is 11.7 Å². The van der Waals surface area contributed by atoms with Gasteiger partial charge in [-0.05, 0) is 23.6 Å². The average molecular weight is 289 g/mol. The highest BCUT2D eigenvalue weighted by atomic mass is 32.1. The van der Waals surface area contributed by atoms with E-state index < -0.39 is 5.79 Å². The summed E-state index contributed by atoms with van der Waals surface area (Å²) in [5, 5.41) is 4.73. The van der Waals surface area contributed by atoms with Crippen molar-refractivity contribution in [2.45, 2.75) is 26.1 Å². The number of thiophene rings is 1. The quantitative estimate of drug-likeness (QED) is 0.932. The third-order valence-corrected chi connectivity index (χ3v) is 4.11. The van der Waals surface area contributed by atoms with Crippen molar-refractivity contribution in [2.75, 3.05) is 5.32 Å². The highest BCUT2D eigenvalue weighted by Crippen LogP contribution is 2.42. The second-order valence-electron chi connectivity index (χ2n) is 4.78. The number of hydrogen-bond acceptors (Lipinski definition) is 4. The molecule has 20 heavy (non-hydrogen) atoms. The average Bonchev–Trinajstić information content (AvgIpc) is 3.05. The first-order valence-corrected chi connectivity index (χ1v) is 7.34. The lowest BCUT2D eigenvalue weighted by Crippen LogP contribution is -2.33. The van der Waals surface area contributed by atoms with Crippen molar-refractivity contribution < 1.29 is 14.3 Å². The zero-order valence-corrected chi connectivity index (χ0v) is 12.1. The van der Waals surface area contributed by atoms with Crippen LogP contribution in [0.15, 0.2) is 35.7 Å². The Balaban J connectivity index is 1.78. The Morgan fingerprint density at radius 3 is 2.80 bits per heavy atom. The number of anilines is 1. The number of benzene rings is 1. The summed E-state index contributed by atoms with van der Waals surface area (Å²) in [5.41, 5.74) is 0.700. The van der Waals surface area contributed by atoms with Gasteiger partial charge in [0.05, 0.1) is 4.88 Å². The van der Waals surface area contributed by atoms with E-state index in [1.54, 1.807) is 12.1 Å². The molecule has 1 amide bonds. The fourth-order valence-electron chi connectivity index (χ4n) is 1.98. The number of amides is 1. The molecule has 104 valence electrons. The summed E-state index contributed by atoms with van der Waals surface area (Å²) < 4.78 is 11.5. The lowest BCUT2D eigenvalue weighted by atomic mass is 10.2. The van der Waals surface area contributed by atoms with Crippen LogP contribution in [0.25, 0.3) is 0 Å². The maximum Gasteiger partial charge on any atom is 0.265 e. The lowest BCUT2D eigenvalue weighted by Gasteiger charge is -2.20. The van der Waals surface area contributed by atoms with Gasteiger partial charge in [0.15, 0.2) is 11.5 Å². The second kappa shape index (κ2) is 4.83. The molecule has 4 nitrogen and oxygen atoms in total. The van der Waals surface area contributed by atoms with E-state index in [0.29, 0.717) is 22.1 Å². The molecule has 5 heteroatoms. The van der Waals surface area contributed by atoms with E-state index >= 15 is 0 Å². The normalized spacial score (nSPS) is 19.9. The van der Waals surface area contributed by atoms with Crippen LogP contribution in [0.1, 0.15) is 29.9 Å². The number of rotatable bonds is 3. The van der Waals surface area contributed by atoms with E-state index in [2.05, 4.69) is 5.32 Å². The van der Waals surface area contributed by atoms with Gasteiger partial charge in [-0.15, -0.1) is 11.3 Å². The molecule has 1 aromatic carbocycles. The Morgan fingerprint density at radius 2 is 2.10 bits per heavy atom. The van der Waals surface area contributed by atoms with E-state index in [4.69, 9.17) is 9.47 Å². The Labute approximate surface area is 121 Å². The first-order valence-electron chi connectivity index (χ1n) is 6.46. The minimum absolute atomic E-state index is 0.114. The Kier molecular flexibility index (Phi) is 3.14. The van der Waals surface area contributed by atoms with Gasteiger partial charge in [-0.1, -0.05) is 13.0 Å². The molecule has 0 saturated carbocycles. The molecule has 3 rings (SSSR count). The van der Waals surface area contributed by atoms with Crippen molar-refractivity contribution in [1.82, 2.24) is 0 Å². The number of ether oxygens (including phenoxy) is 2. The predicted molar refractivity (Wildman–Crippen MR) is 78.7 cm³/mol. The van der Waals surface area contributed by atoms with Crippen LogP contribution in [0, 0.1) is 0 Å². The Hall–Kier alpha value is -2.01. The smallest absolute Gasteiger partial charge is 0.265 e. The summed E-state index contributed by atoms with van der Waals surface area (Å²) in [6.07, 6.45) is 0.749. The summed E-state index contributed by atoms with van der Waals surface area (Å²) >= 11 is 1.41. The molecule has 2 aromatic rings. The molecular formula is C15H15NO3S. The summed E-state index contributed by atoms with van der Waals surface area (Å²) in [6.45, 7) is 3.91. The molecule has 0 saturated heterocycles. The van der Waals surface area contributed by atoms with Gasteiger partial charge in [-0.25, -0.2) is 0 Å².